The van der Waals surface area contributed by atoms with Crippen LogP contribution in [0.1, 0.15) is 67.2 Å². The van der Waals surface area contributed by atoms with Crippen molar-refractivity contribution in [2.45, 2.75) is 58.1 Å². The van der Waals surface area contributed by atoms with Gasteiger partial charge in [0, 0.05) is 45.1 Å². The molecule has 0 aliphatic carbocycles. The number of carbonyl (C=O) groups excluding carboxylic acids is 5. The average Bonchev–Trinajstić information content (AvgIpc) is 3.01. The third-order valence-corrected chi connectivity index (χ3v) is 5.66. The maximum absolute atomic E-state index is 12.6. The van der Waals surface area contributed by atoms with Crippen LogP contribution in [0.5, 0.6) is 0 Å². The fourth-order valence-electron chi connectivity index (χ4n) is 3.97. The Morgan fingerprint density at radius 3 is 2.15 bits per heavy atom. The third-order valence-electron chi connectivity index (χ3n) is 5.66. The number of hydrogen-bond donors (Lipinski definition) is 2. The van der Waals surface area contributed by atoms with Gasteiger partial charge in [0.15, 0.2) is 0 Å². The molecule has 2 N–H and O–H groups in total. The fourth-order valence-corrected chi connectivity index (χ4v) is 3.97. The predicted octanol–water partition coefficient (Wildman–Crippen LogP) is 1.69. The lowest BCUT2D eigenvalue weighted by Crippen LogP contribution is -2.47. The van der Waals surface area contributed by atoms with Gasteiger partial charge in [-0.1, -0.05) is 12.1 Å². The molecular weight excluding hydrogens is 440 g/mol. The largest absolute Gasteiger partial charge is 0.444 e. The number of nitrogens with zero attached hydrogens (tertiary/aromatic N) is 2. The van der Waals surface area contributed by atoms with Gasteiger partial charge in [-0.3, -0.25) is 24.1 Å². The first kappa shape index (κ1) is 25.2. The molecule has 34 heavy (non-hydrogen) atoms. The Kier molecular flexibility index (Phi) is 7.90. The summed E-state index contributed by atoms with van der Waals surface area (Å²) in [6, 6.07) is 6.60. The first-order chi connectivity index (χ1) is 16.0. The highest BCUT2D eigenvalue weighted by Gasteiger charge is 2.35. The number of fused-ring (bicyclic) bond motifs is 1. The smallest absolute Gasteiger partial charge is 0.407 e. The summed E-state index contributed by atoms with van der Waals surface area (Å²) in [5.74, 6) is -1.03. The van der Waals surface area contributed by atoms with Gasteiger partial charge in [0.25, 0.3) is 11.8 Å². The number of carbonyl (C=O) groups is 5. The highest BCUT2D eigenvalue weighted by atomic mass is 16.6. The molecule has 0 aromatic heterocycles. The molecule has 0 atom stereocenters. The molecule has 10 nitrogen and oxygen atoms in total. The number of amides is 5. The molecule has 1 aromatic rings. The topological polar surface area (TPSA) is 125 Å². The van der Waals surface area contributed by atoms with Gasteiger partial charge in [-0.15, -0.1) is 0 Å². The average molecular weight is 473 g/mol. The van der Waals surface area contributed by atoms with Crippen LogP contribution < -0.4 is 10.6 Å². The number of alkyl carbamates (subject to hydrolysis) is 1. The summed E-state index contributed by atoms with van der Waals surface area (Å²) < 4.78 is 5.12. The molecule has 0 radical (unpaired) electrons. The van der Waals surface area contributed by atoms with E-state index in [1.165, 1.54) is 0 Å². The van der Waals surface area contributed by atoms with Crippen molar-refractivity contribution >= 4 is 29.7 Å². The van der Waals surface area contributed by atoms with Crippen molar-refractivity contribution in [1.82, 2.24) is 20.4 Å². The number of benzene rings is 1. The maximum Gasteiger partial charge on any atom is 0.407 e. The molecule has 184 valence electrons. The SMILES string of the molecule is CC(C)(C)OC(=O)NCCC(=O)NC1CCN(C(=O)CCN2C(=O)c3ccccc3C2=O)CC1. The second-order valence-electron chi connectivity index (χ2n) is 9.46. The Morgan fingerprint density at radius 2 is 1.59 bits per heavy atom. The molecule has 1 fully saturated rings. The molecule has 3 rings (SSSR count). The fraction of sp³-hybridized carbons (Fsp3) is 0.542. The van der Waals surface area contributed by atoms with E-state index >= 15 is 0 Å². The lowest BCUT2D eigenvalue weighted by atomic mass is 10.0. The zero-order valence-corrected chi connectivity index (χ0v) is 19.9. The van der Waals surface area contributed by atoms with Crippen molar-refractivity contribution in [3.8, 4) is 0 Å². The van der Waals surface area contributed by atoms with Gasteiger partial charge >= 0.3 is 6.09 Å². The van der Waals surface area contributed by atoms with Crippen molar-refractivity contribution in [2.75, 3.05) is 26.2 Å². The molecule has 5 amide bonds. The van der Waals surface area contributed by atoms with E-state index in [9.17, 15) is 24.0 Å². The highest BCUT2D eigenvalue weighted by Crippen LogP contribution is 2.23. The predicted molar refractivity (Wildman–Crippen MR) is 123 cm³/mol. The number of imide groups is 1. The highest BCUT2D eigenvalue weighted by molar-refractivity contribution is 6.21. The summed E-state index contributed by atoms with van der Waals surface area (Å²) in [6.45, 7) is 6.50. The number of rotatable bonds is 7. The summed E-state index contributed by atoms with van der Waals surface area (Å²) in [5, 5.41) is 5.48. The van der Waals surface area contributed by atoms with E-state index in [0.717, 1.165) is 4.90 Å². The van der Waals surface area contributed by atoms with Crippen molar-refractivity contribution in [1.29, 1.82) is 0 Å². The van der Waals surface area contributed by atoms with Crippen LogP contribution in [0.4, 0.5) is 4.79 Å². The maximum atomic E-state index is 12.6. The first-order valence-corrected chi connectivity index (χ1v) is 11.5. The minimum Gasteiger partial charge on any atom is -0.444 e. The molecule has 0 spiro atoms. The van der Waals surface area contributed by atoms with Gasteiger partial charge in [-0.25, -0.2) is 4.79 Å². The van der Waals surface area contributed by atoms with E-state index in [-0.39, 0.29) is 55.6 Å². The van der Waals surface area contributed by atoms with Crippen LogP contribution in [0, 0.1) is 0 Å². The molecule has 10 heteroatoms. The molecule has 0 unspecified atom stereocenters. The van der Waals surface area contributed by atoms with Crippen LogP contribution in [-0.2, 0) is 14.3 Å². The molecule has 1 aromatic carbocycles. The molecule has 0 saturated carbocycles. The monoisotopic (exact) mass is 472 g/mol. The molecule has 2 aliphatic heterocycles. The third kappa shape index (κ3) is 6.55. The molecular formula is C24H32N4O6. The molecule has 1 saturated heterocycles. The normalized spacial score (nSPS) is 16.3. The van der Waals surface area contributed by atoms with E-state index in [4.69, 9.17) is 4.74 Å². The zero-order chi connectivity index (χ0) is 24.9. The van der Waals surface area contributed by atoms with Gasteiger partial charge in [0.05, 0.1) is 11.1 Å². The Morgan fingerprint density at radius 1 is 1.00 bits per heavy atom. The summed E-state index contributed by atoms with van der Waals surface area (Å²) >= 11 is 0. The van der Waals surface area contributed by atoms with E-state index in [2.05, 4.69) is 10.6 Å². The van der Waals surface area contributed by atoms with Gasteiger partial charge in [-0.05, 0) is 45.7 Å². The van der Waals surface area contributed by atoms with Gasteiger partial charge < -0.3 is 20.3 Å². The van der Waals surface area contributed by atoms with Gasteiger partial charge in [0.1, 0.15) is 5.60 Å². The lowest BCUT2D eigenvalue weighted by molar-refractivity contribution is -0.132. The Bertz CT molecular complexity index is 927. The van der Waals surface area contributed by atoms with E-state index in [1.807, 2.05) is 0 Å². The second-order valence-corrected chi connectivity index (χ2v) is 9.46. The van der Waals surface area contributed by atoms with Crippen LogP contribution in [0.3, 0.4) is 0 Å². The van der Waals surface area contributed by atoms with Crippen LogP contribution in [-0.4, -0.2) is 77.3 Å². The second kappa shape index (κ2) is 10.7. The quantitative estimate of drug-likeness (QED) is 0.582. The molecule has 2 aliphatic rings. The zero-order valence-electron chi connectivity index (χ0n) is 19.9. The number of piperidine rings is 1. The van der Waals surface area contributed by atoms with Crippen molar-refractivity contribution in [3.05, 3.63) is 35.4 Å². The van der Waals surface area contributed by atoms with Crippen LogP contribution in [0.15, 0.2) is 24.3 Å². The molecule has 0 bridgehead atoms. The Labute approximate surface area is 199 Å². The summed E-state index contributed by atoms with van der Waals surface area (Å²) in [7, 11) is 0. The standard InChI is InChI=1S/C24H32N4O6/c1-24(2,3)34-23(33)25-12-8-19(29)26-16-9-13-27(14-10-16)20(30)11-15-28-21(31)17-6-4-5-7-18(17)22(28)32/h4-7,16H,8-15H2,1-3H3,(H,25,33)(H,26,29). The van der Waals surface area contributed by atoms with Crippen molar-refractivity contribution in [2.24, 2.45) is 0 Å². The summed E-state index contributed by atoms with van der Waals surface area (Å²) in [4.78, 5) is 64.0. The Balaban J connectivity index is 1.34. The summed E-state index contributed by atoms with van der Waals surface area (Å²) in [6.07, 6.45) is 0.874. The van der Waals surface area contributed by atoms with Crippen LogP contribution in [0.25, 0.3) is 0 Å². The lowest BCUT2D eigenvalue weighted by Gasteiger charge is -2.32. The minimum absolute atomic E-state index is 0.0469. The number of ether oxygens (including phenoxy) is 1. The van der Waals surface area contributed by atoms with Gasteiger partial charge in [0.2, 0.25) is 11.8 Å². The minimum atomic E-state index is -0.595. The summed E-state index contributed by atoms with van der Waals surface area (Å²) in [5.41, 5.74) is 0.151. The van der Waals surface area contributed by atoms with Crippen LogP contribution >= 0.6 is 0 Å². The number of nitrogens with one attached hydrogen (secondary N) is 2. The van der Waals surface area contributed by atoms with E-state index in [1.54, 1.807) is 49.9 Å². The number of likely N-dealkylation sites (tertiary alicyclic amines) is 1. The van der Waals surface area contributed by atoms with E-state index < -0.39 is 11.7 Å². The first-order valence-electron chi connectivity index (χ1n) is 11.5. The van der Waals surface area contributed by atoms with Crippen LogP contribution in [0.2, 0.25) is 0 Å². The molecule has 2 heterocycles. The van der Waals surface area contributed by atoms with Crippen molar-refractivity contribution in [3.63, 3.8) is 0 Å². The Hall–Kier alpha value is -3.43. The van der Waals surface area contributed by atoms with Gasteiger partial charge in [-0.2, -0.15) is 0 Å². The van der Waals surface area contributed by atoms with E-state index in [0.29, 0.717) is 37.1 Å². The van der Waals surface area contributed by atoms with Crippen molar-refractivity contribution < 1.29 is 28.7 Å². The number of hydrogen-bond acceptors (Lipinski definition) is 6.